The molecule has 0 unspecified atom stereocenters. The summed E-state index contributed by atoms with van der Waals surface area (Å²) in [5, 5.41) is 3.60. The summed E-state index contributed by atoms with van der Waals surface area (Å²) in [4.78, 5) is 0. The second-order valence-corrected chi connectivity index (χ2v) is 14.4. The lowest BCUT2D eigenvalue weighted by atomic mass is 9.56. The van der Waals surface area contributed by atoms with Crippen LogP contribution in [0.1, 0.15) is 0 Å². The summed E-state index contributed by atoms with van der Waals surface area (Å²) in [6, 6.07) is 21.6. The minimum atomic E-state index is -0.0253. The standard InChI is InChI=1S/C42H11B15O/c43-28-25(33(48)34(49)27-26(28)35(50)41(56)42(57)36(27)51)20-23-21(29(44)37(52)39(54)31(23)46)18(22-24(20)32(47)40(55)38(53)30(22)45)13-10-8-12(9-11-13)14-5-3-7-17-19(14)15-4-1-2-6-16(15)58-17/h1-11H. The Hall–Kier alpha value is -4.69. The molecule has 0 spiro atoms. The molecule has 9 aromatic rings. The van der Waals surface area contributed by atoms with Crippen LogP contribution in [-0.2, 0) is 0 Å². The van der Waals surface area contributed by atoms with E-state index in [0.29, 0.717) is 21.9 Å². The van der Waals surface area contributed by atoms with E-state index >= 15 is 0 Å². The molecule has 58 heavy (non-hydrogen) atoms. The highest BCUT2D eigenvalue weighted by atomic mass is 16.3. The van der Waals surface area contributed by atoms with E-state index in [9.17, 15) is 0 Å². The number of para-hydroxylation sites is 1. The predicted molar refractivity (Wildman–Crippen MR) is 263 cm³/mol. The van der Waals surface area contributed by atoms with Gasteiger partial charge in [0.15, 0.2) is 0 Å². The number of benzene rings is 8. The van der Waals surface area contributed by atoms with Crippen molar-refractivity contribution in [3.63, 3.8) is 0 Å². The normalized spacial score (nSPS) is 11.8. The van der Waals surface area contributed by atoms with E-state index in [4.69, 9.17) is 122 Å². The fourth-order valence-electron chi connectivity index (χ4n) is 8.51. The third-order valence-electron chi connectivity index (χ3n) is 11.5. The van der Waals surface area contributed by atoms with E-state index < -0.39 is 0 Å². The number of hydrogen-bond donors (Lipinski definition) is 0. The van der Waals surface area contributed by atoms with Gasteiger partial charge in [-0.1, -0.05) is 104 Å². The molecule has 1 heterocycles. The lowest BCUT2D eigenvalue weighted by Crippen LogP contribution is -2.52. The Morgan fingerprint density at radius 1 is 0.259 bits per heavy atom. The van der Waals surface area contributed by atoms with Crippen LogP contribution < -0.4 is 81.9 Å². The highest BCUT2D eigenvalue weighted by Crippen LogP contribution is 2.42. The molecule has 0 N–H and O–H groups in total. The Morgan fingerprint density at radius 3 is 1.17 bits per heavy atom. The molecule has 0 bridgehead atoms. The van der Waals surface area contributed by atoms with Gasteiger partial charge in [0.1, 0.15) is 129 Å². The van der Waals surface area contributed by atoms with Crippen LogP contribution in [0.3, 0.4) is 0 Å². The maximum Gasteiger partial charge on any atom is 0.136 e. The van der Waals surface area contributed by atoms with E-state index in [1.54, 1.807) is 0 Å². The highest BCUT2D eigenvalue weighted by molar-refractivity contribution is 6.75. The van der Waals surface area contributed by atoms with Crippen LogP contribution in [0.5, 0.6) is 0 Å². The Bertz CT molecular complexity index is 3250. The fourth-order valence-corrected chi connectivity index (χ4v) is 8.51. The molecule has 0 amide bonds. The highest BCUT2D eigenvalue weighted by Gasteiger charge is 2.27. The topological polar surface area (TPSA) is 13.1 Å². The summed E-state index contributed by atoms with van der Waals surface area (Å²) < 4.78 is 6.17. The van der Waals surface area contributed by atoms with Crippen molar-refractivity contribution in [1.82, 2.24) is 0 Å². The molecule has 0 saturated carbocycles. The first kappa shape index (κ1) is 38.8. The molecule has 30 radical (unpaired) electrons. The van der Waals surface area contributed by atoms with Crippen LogP contribution in [0.25, 0.3) is 87.6 Å². The van der Waals surface area contributed by atoms with Crippen LogP contribution in [0, 0.1) is 0 Å². The lowest BCUT2D eigenvalue weighted by Gasteiger charge is -2.31. The maximum atomic E-state index is 7.06. The second-order valence-electron chi connectivity index (χ2n) is 14.4. The van der Waals surface area contributed by atoms with Gasteiger partial charge in [-0.3, -0.25) is 0 Å². The number of furan rings is 1. The number of fused-ring (bicyclic) bond motifs is 6. The minimum absolute atomic E-state index is 0.000854. The van der Waals surface area contributed by atoms with Gasteiger partial charge in [0.05, 0.1) is 0 Å². The van der Waals surface area contributed by atoms with Gasteiger partial charge in [-0.2, -0.15) is 0 Å². The van der Waals surface area contributed by atoms with Gasteiger partial charge in [0.25, 0.3) is 0 Å². The molecule has 0 aliphatic heterocycles. The summed E-state index contributed by atoms with van der Waals surface area (Å²) >= 11 is 0. The molecule has 1 aromatic heterocycles. The fraction of sp³-hybridized carbons (Fsp3) is 0. The van der Waals surface area contributed by atoms with Gasteiger partial charge in [-0.25, -0.2) is 0 Å². The van der Waals surface area contributed by atoms with Crippen LogP contribution in [0.15, 0.2) is 71.1 Å². The van der Waals surface area contributed by atoms with Crippen LogP contribution in [0.2, 0.25) is 0 Å². The number of rotatable bonds is 3. The zero-order valence-corrected chi connectivity index (χ0v) is 30.9. The van der Waals surface area contributed by atoms with E-state index in [1.165, 1.54) is 0 Å². The SMILES string of the molecule is [B]c1c([B])c([B])c2c([B])c(-c3c4c([B])c([B])c([B])c([B])c4c(-c4ccc(-c5cccc6oc7ccccc7c56)cc4)c4c([B])c([B])c([B])c([B])c34)c([B])c([B])c2c1[B]. The lowest BCUT2D eigenvalue weighted by molar-refractivity contribution is 0.669. The average molecular weight is 694 g/mol. The van der Waals surface area contributed by atoms with Crippen LogP contribution in [-0.4, -0.2) is 118 Å². The molecule has 9 rings (SSSR count). The van der Waals surface area contributed by atoms with E-state index in [0.717, 1.165) is 33.1 Å². The van der Waals surface area contributed by atoms with Gasteiger partial charge in [0, 0.05) is 10.8 Å². The van der Waals surface area contributed by atoms with Crippen molar-refractivity contribution in [3.05, 3.63) is 66.7 Å². The number of hydrogen-bond acceptors (Lipinski definition) is 1. The summed E-state index contributed by atoms with van der Waals surface area (Å²) in [5.41, 5.74) is 5.23. The van der Waals surface area contributed by atoms with Crippen LogP contribution in [0.4, 0.5) is 0 Å². The first-order valence-electron chi connectivity index (χ1n) is 17.9. The molecular weight excluding hydrogens is 683 g/mol. The largest absolute Gasteiger partial charge is 0.456 e. The van der Waals surface area contributed by atoms with E-state index in [1.807, 2.05) is 66.7 Å². The minimum Gasteiger partial charge on any atom is -0.456 e. The monoisotopic (exact) mass is 696 g/mol. The van der Waals surface area contributed by atoms with Crippen molar-refractivity contribution in [2.45, 2.75) is 0 Å². The molecule has 0 atom stereocenters. The second kappa shape index (κ2) is 13.7. The van der Waals surface area contributed by atoms with E-state index in [-0.39, 0.29) is 115 Å². The molecule has 0 aliphatic carbocycles. The maximum absolute atomic E-state index is 7.06. The quantitative estimate of drug-likeness (QED) is 0.133. The Balaban J connectivity index is 1.46. The van der Waals surface area contributed by atoms with Gasteiger partial charge < -0.3 is 4.42 Å². The predicted octanol–water partition coefficient (Wildman–Crippen LogP) is -6.05. The van der Waals surface area contributed by atoms with Crippen molar-refractivity contribution in [3.8, 4) is 33.4 Å². The molecular formula is C42H11B15O. The third kappa shape index (κ3) is 5.18. The van der Waals surface area contributed by atoms with Gasteiger partial charge in [0.2, 0.25) is 0 Å². The molecule has 0 fully saturated rings. The summed E-state index contributed by atoms with van der Waals surface area (Å²) in [6.45, 7) is 0. The first-order chi connectivity index (χ1) is 27.6. The molecule has 1 nitrogen and oxygen atoms in total. The van der Waals surface area contributed by atoms with Crippen molar-refractivity contribution in [1.29, 1.82) is 0 Å². The summed E-state index contributed by atoms with van der Waals surface area (Å²) in [6.07, 6.45) is 0. The van der Waals surface area contributed by atoms with Crippen molar-refractivity contribution >= 4 is 254 Å². The Morgan fingerprint density at radius 2 is 0.655 bits per heavy atom. The smallest absolute Gasteiger partial charge is 0.136 e. The molecule has 8 aromatic carbocycles. The average Bonchev–Trinajstić information content (AvgIpc) is 3.61. The van der Waals surface area contributed by atoms with Gasteiger partial charge in [-0.05, 0) is 77.8 Å². The molecule has 230 valence electrons. The van der Waals surface area contributed by atoms with Gasteiger partial charge in [-0.15, -0.1) is 32.8 Å². The first-order valence-corrected chi connectivity index (χ1v) is 17.9. The molecule has 0 saturated heterocycles. The summed E-state index contributed by atoms with van der Waals surface area (Å²) in [7, 11) is 101. The van der Waals surface area contributed by atoms with Crippen molar-refractivity contribution < 1.29 is 4.42 Å². The zero-order chi connectivity index (χ0) is 41.4. The zero-order valence-electron chi connectivity index (χ0n) is 30.9. The van der Waals surface area contributed by atoms with Crippen molar-refractivity contribution in [2.75, 3.05) is 0 Å². The summed E-state index contributed by atoms with van der Waals surface area (Å²) in [5.74, 6) is 0. The van der Waals surface area contributed by atoms with Crippen LogP contribution >= 0.6 is 0 Å². The third-order valence-corrected chi connectivity index (χ3v) is 11.5. The van der Waals surface area contributed by atoms with E-state index in [2.05, 4.69) is 0 Å². The Labute approximate surface area is 356 Å². The Kier molecular flexibility index (Phi) is 9.16. The van der Waals surface area contributed by atoms with Gasteiger partial charge >= 0.3 is 0 Å². The van der Waals surface area contributed by atoms with Crippen molar-refractivity contribution in [2.24, 2.45) is 0 Å². The molecule has 0 aliphatic rings. The molecule has 16 heteroatoms.